The van der Waals surface area contributed by atoms with Gasteiger partial charge in [0.25, 0.3) is 0 Å². The van der Waals surface area contributed by atoms with Gasteiger partial charge in [-0.3, -0.25) is 0 Å². The highest BCUT2D eigenvalue weighted by Crippen LogP contribution is 2.38. The summed E-state index contributed by atoms with van der Waals surface area (Å²) >= 11 is 9.39. The van der Waals surface area contributed by atoms with Crippen LogP contribution in [0.4, 0.5) is 5.69 Å². The first-order valence-electron chi connectivity index (χ1n) is 6.12. The van der Waals surface area contributed by atoms with Gasteiger partial charge in [0.15, 0.2) is 0 Å². The zero-order valence-corrected chi connectivity index (χ0v) is 12.7. The number of hydrogen-bond acceptors (Lipinski definition) is 2. The Balaban J connectivity index is 1.93. The summed E-state index contributed by atoms with van der Waals surface area (Å²) in [6, 6.07) is 14.0. The van der Waals surface area contributed by atoms with Crippen LogP contribution in [0.2, 0.25) is 5.02 Å². The first-order chi connectivity index (χ1) is 9.13. The van der Waals surface area contributed by atoms with E-state index < -0.39 is 0 Å². The summed E-state index contributed by atoms with van der Waals surface area (Å²) in [6.45, 7) is 2.11. The van der Waals surface area contributed by atoms with E-state index in [0.29, 0.717) is 0 Å². The van der Waals surface area contributed by atoms with E-state index in [9.17, 15) is 0 Å². The molecule has 4 heteroatoms. The van der Waals surface area contributed by atoms with E-state index in [2.05, 4.69) is 28.2 Å². The summed E-state index contributed by atoms with van der Waals surface area (Å²) in [5.74, 6) is 0.876. The lowest BCUT2D eigenvalue weighted by molar-refractivity contribution is 0.177. The molecule has 0 saturated carbocycles. The molecule has 1 aliphatic heterocycles. The van der Waals surface area contributed by atoms with Crippen LogP contribution in [0, 0.1) is 0 Å². The van der Waals surface area contributed by atoms with Gasteiger partial charge in [0.2, 0.25) is 0 Å². The maximum atomic E-state index is 6.10. The van der Waals surface area contributed by atoms with Gasteiger partial charge in [0, 0.05) is 9.50 Å². The molecule has 0 fully saturated rings. The number of rotatable bonds is 1. The average Bonchev–Trinajstić information content (AvgIpc) is 2.39. The van der Waals surface area contributed by atoms with E-state index in [-0.39, 0.29) is 12.1 Å². The van der Waals surface area contributed by atoms with Crippen molar-refractivity contribution in [3.8, 4) is 5.75 Å². The molecule has 0 saturated heterocycles. The lowest BCUT2D eigenvalue weighted by atomic mass is 10.0. The molecule has 1 N–H and O–H groups in total. The van der Waals surface area contributed by atoms with Crippen molar-refractivity contribution in [3.63, 3.8) is 0 Å². The van der Waals surface area contributed by atoms with Crippen LogP contribution in [0.15, 0.2) is 46.9 Å². The number of benzene rings is 2. The third-order valence-corrected chi connectivity index (χ3v) is 3.98. The fraction of sp³-hybridized carbons (Fsp3) is 0.200. The van der Waals surface area contributed by atoms with Gasteiger partial charge in [-0.2, -0.15) is 0 Å². The zero-order valence-electron chi connectivity index (χ0n) is 10.4. The zero-order chi connectivity index (χ0) is 13.4. The quantitative estimate of drug-likeness (QED) is 0.787. The minimum atomic E-state index is -0.00839. The van der Waals surface area contributed by atoms with E-state index in [1.165, 1.54) is 0 Å². The Morgan fingerprint density at radius 1 is 1.16 bits per heavy atom. The van der Waals surface area contributed by atoms with Crippen LogP contribution in [0.25, 0.3) is 0 Å². The molecular formula is C15H13BrClNO. The molecule has 0 aromatic heterocycles. The van der Waals surface area contributed by atoms with Gasteiger partial charge in [0.05, 0.1) is 11.7 Å². The second-order valence-electron chi connectivity index (χ2n) is 4.66. The highest BCUT2D eigenvalue weighted by Gasteiger charge is 2.27. The molecule has 2 atom stereocenters. The molecule has 2 aromatic rings. The summed E-state index contributed by atoms with van der Waals surface area (Å²) in [4.78, 5) is 0. The molecular weight excluding hydrogens is 326 g/mol. The van der Waals surface area contributed by atoms with E-state index in [4.69, 9.17) is 16.3 Å². The molecule has 0 aliphatic carbocycles. The molecule has 19 heavy (non-hydrogen) atoms. The Morgan fingerprint density at radius 2 is 1.89 bits per heavy atom. The standard InChI is InChI=1S/C15H13BrClNO/c1-9-15(10-2-5-12(17)6-3-10)19-14-7-4-11(16)8-13(14)18-9/h2-9,15,18H,1H3. The van der Waals surface area contributed by atoms with Gasteiger partial charge >= 0.3 is 0 Å². The van der Waals surface area contributed by atoms with E-state index in [1.54, 1.807) is 0 Å². The number of nitrogens with one attached hydrogen (secondary N) is 1. The smallest absolute Gasteiger partial charge is 0.144 e. The number of anilines is 1. The topological polar surface area (TPSA) is 21.3 Å². The summed E-state index contributed by atoms with van der Waals surface area (Å²) in [6.07, 6.45) is -0.00839. The van der Waals surface area contributed by atoms with Gasteiger partial charge in [0.1, 0.15) is 11.9 Å². The molecule has 0 radical (unpaired) electrons. The number of fused-ring (bicyclic) bond motifs is 1. The predicted molar refractivity (Wildman–Crippen MR) is 82.0 cm³/mol. The Morgan fingerprint density at radius 3 is 2.63 bits per heavy atom. The highest BCUT2D eigenvalue weighted by molar-refractivity contribution is 9.10. The van der Waals surface area contributed by atoms with E-state index in [0.717, 1.165) is 26.5 Å². The average molecular weight is 339 g/mol. The van der Waals surface area contributed by atoms with Gasteiger partial charge in [-0.05, 0) is 42.8 Å². The molecule has 1 aliphatic rings. The van der Waals surface area contributed by atoms with Crippen LogP contribution in [-0.2, 0) is 0 Å². The minimum Gasteiger partial charge on any atom is -0.481 e. The van der Waals surface area contributed by atoms with Crippen molar-refractivity contribution in [2.75, 3.05) is 5.32 Å². The minimum absolute atomic E-state index is 0.00839. The molecule has 2 unspecified atom stereocenters. The van der Waals surface area contributed by atoms with Crippen LogP contribution >= 0.6 is 27.5 Å². The maximum absolute atomic E-state index is 6.10. The molecule has 1 heterocycles. The van der Waals surface area contributed by atoms with Crippen molar-refractivity contribution in [2.45, 2.75) is 19.1 Å². The second-order valence-corrected chi connectivity index (χ2v) is 6.02. The van der Waals surface area contributed by atoms with Gasteiger partial charge < -0.3 is 10.1 Å². The first-order valence-corrected chi connectivity index (χ1v) is 7.29. The normalized spacial score (nSPS) is 21.2. The molecule has 0 amide bonds. The molecule has 2 aromatic carbocycles. The van der Waals surface area contributed by atoms with Crippen molar-refractivity contribution < 1.29 is 4.74 Å². The summed E-state index contributed by atoms with van der Waals surface area (Å²) in [7, 11) is 0. The lowest BCUT2D eigenvalue weighted by Crippen LogP contribution is -2.32. The van der Waals surface area contributed by atoms with E-state index in [1.807, 2.05) is 42.5 Å². The van der Waals surface area contributed by atoms with Crippen LogP contribution < -0.4 is 10.1 Å². The molecule has 2 nitrogen and oxygen atoms in total. The van der Waals surface area contributed by atoms with Crippen molar-refractivity contribution in [2.24, 2.45) is 0 Å². The first kappa shape index (κ1) is 12.8. The summed E-state index contributed by atoms with van der Waals surface area (Å²) in [5, 5.41) is 4.22. The molecule has 3 rings (SSSR count). The van der Waals surface area contributed by atoms with Gasteiger partial charge in [-0.25, -0.2) is 0 Å². The maximum Gasteiger partial charge on any atom is 0.144 e. The van der Waals surface area contributed by atoms with Crippen molar-refractivity contribution in [3.05, 3.63) is 57.5 Å². The molecule has 0 spiro atoms. The highest BCUT2D eigenvalue weighted by atomic mass is 79.9. The summed E-state index contributed by atoms with van der Waals surface area (Å²) < 4.78 is 7.14. The van der Waals surface area contributed by atoms with Crippen LogP contribution in [0.3, 0.4) is 0 Å². The Hall–Kier alpha value is -1.19. The number of hydrogen-bond donors (Lipinski definition) is 1. The van der Waals surface area contributed by atoms with Gasteiger partial charge in [-0.1, -0.05) is 39.7 Å². The predicted octanol–water partition coefficient (Wildman–Crippen LogP) is 5.04. The Labute approximate surface area is 125 Å². The second kappa shape index (κ2) is 5.06. The van der Waals surface area contributed by atoms with Crippen LogP contribution in [-0.4, -0.2) is 6.04 Å². The monoisotopic (exact) mass is 337 g/mol. The SMILES string of the molecule is CC1Nc2cc(Br)ccc2OC1c1ccc(Cl)cc1. The Kier molecular flexibility index (Phi) is 3.42. The van der Waals surface area contributed by atoms with Crippen LogP contribution in [0.5, 0.6) is 5.75 Å². The fourth-order valence-corrected chi connectivity index (χ4v) is 2.77. The third-order valence-electron chi connectivity index (χ3n) is 3.23. The van der Waals surface area contributed by atoms with Crippen LogP contribution in [0.1, 0.15) is 18.6 Å². The summed E-state index contributed by atoms with van der Waals surface area (Å²) in [5.41, 5.74) is 2.14. The fourth-order valence-electron chi connectivity index (χ4n) is 2.29. The number of halogens is 2. The Bertz CT molecular complexity index is 600. The molecule has 0 bridgehead atoms. The third kappa shape index (κ3) is 2.58. The van der Waals surface area contributed by atoms with E-state index >= 15 is 0 Å². The molecule has 98 valence electrons. The number of ether oxygens (including phenoxy) is 1. The van der Waals surface area contributed by atoms with Crippen molar-refractivity contribution in [1.29, 1.82) is 0 Å². The van der Waals surface area contributed by atoms with Crippen molar-refractivity contribution >= 4 is 33.2 Å². The lowest BCUT2D eigenvalue weighted by Gasteiger charge is -2.33. The largest absolute Gasteiger partial charge is 0.481 e. The van der Waals surface area contributed by atoms with Crippen molar-refractivity contribution in [1.82, 2.24) is 0 Å². The van der Waals surface area contributed by atoms with Gasteiger partial charge in [-0.15, -0.1) is 0 Å².